The molecule has 15 heavy (non-hydrogen) atoms. The summed E-state index contributed by atoms with van der Waals surface area (Å²) in [5, 5.41) is 13.2. The molecule has 2 aromatic heterocycles. The predicted octanol–water partition coefficient (Wildman–Crippen LogP) is 1.15. The third kappa shape index (κ3) is 1.29. The van der Waals surface area contributed by atoms with Crippen LogP contribution in [0.1, 0.15) is 30.3 Å². The molecule has 1 saturated carbocycles. The second kappa shape index (κ2) is 2.82. The van der Waals surface area contributed by atoms with Gasteiger partial charge in [-0.25, -0.2) is 4.98 Å². The Hall–Kier alpha value is -1.85. The van der Waals surface area contributed by atoms with Gasteiger partial charge < -0.3 is 9.63 Å². The van der Waals surface area contributed by atoms with Gasteiger partial charge in [0.25, 0.3) is 0 Å². The van der Waals surface area contributed by atoms with Crippen molar-refractivity contribution in [1.29, 1.82) is 0 Å². The van der Waals surface area contributed by atoms with Gasteiger partial charge in [-0.2, -0.15) is 4.98 Å². The summed E-state index contributed by atoms with van der Waals surface area (Å²) < 4.78 is 6.67. The van der Waals surface area contributed by atoms with E-state index in [2.05, 4.69) is 15.1 Å². The number of aromatic nitrogens is 4. The van der Waals surface area contributed by atoms with E-state index < -0.39 is 0 Å². The van der Waals surface area contributed by atoms with Crippen molar-refractivity contribution in [1.82, 2.24) is 19.7 Å². The summed E-state index contributed by atoms with van der Waals surface area (Å²) in [7, 11) is 0. The Bertz CT molecular complexity index is 498. The number of hydrogen-bond acceptors (Lipinski definition) is 5. The SMILES string of the molecule is Cc1c(O)ncn1-c1nc(C2CC2)no1. The molecule has 0 unspecified atom stereocenters. The monoisotopic (exact) mass is 206 g/mol. The first-order valence-corrected chi connectivity index (χ1v) is 4.82. The maximum absolute atomic E-state index is 9.31. The van der Waals surface area contributed by atoms with E-state index in [1.165, 1.54) is 6.33 Å². The molecule has 0 aliphatic heterocycles. The summed E-state index contributed by atoms with van der Waals surface area (Å²) in [6, 6.07) is 0.363. The van der Waals surface area contributed by atoms with Crippen molar-refractivity contribution in [2.75, 3.05) is 0 Å². The van der Waals surface area contributed by atoms with E-state index in [-0.39, 0.29) is 5.88 Å². The van der Waals surface area contributed by atoms with Crippen molar-refractivity contribution in [2.45, 2.75) is 25.7 Å². The summed E-state index contributed by atoms with van der Waals surface area (Å²) in [6.07, 6.45) is 3.73. The molecule has 1 fully saturated rings. The maximum Gasteiger partial charge on any atom is 0.333 e. The molecule has 1 aliphatic rings. The normalized spacial score (nSPS) is 15.8. The summed E-state index contributed by atoms with van der Waals surface area (Å²) in [4.78, 5) is 8.00. The van der Waals surface area contributed by atoms with Gasteiger partial charge in [0, 0.05) is 5.92 Å². The number of hydrogen-bond donors (Lipinski definition) is 1. The van der Waals surface area contributed by atoms with Crippen LogP contribution in [0.25, 0.3) is 6.01 Å². The topological polar surface area (TPSA) is 77.0 Å². The van der Waals surface area contributed by atoms with Crippen molar-refractivity contribution >= 4 is 0 Å². The van der Waals surface area contributed by atoms with Crippen LogP contribution in [-0.4, -0.2) is 24.8 Å². The van der Waals surface area contributed by atoms with Gasteiger partial charge in [0.1, 0.15) is 6.33 Å². The van der Waals surface area contributed by atoms with E-state index in [1.54, 1.807) is 11.5 Å². The highest BCUT2D eigenvalue weighted by Crippen LogP contribution is 2.38. The number of imidazole rings is 1. The Morgan fingerprint density at radius 2 is 2.33 bits per heavy atom. The van der Waals surface area contributed by atoms with Crippen LogP contribution < -0.4 is 0 Å². The highest BCUT2D eigenvalue weighted by molar-refractivity contribution is 5.23. The standard InChI is InChI=1S/C9H10N4O2/c1-5-8(14)10-4-13(5)9-11-7(12-15-9)6-2-3-6/h4,6,14H,2-3H2,1H3. The Morgan fingerprint density at radius 3 is 2.93 bits per heavy atom. The minimum absolute atomic E-state index is 0.0128. The van der Waals surface area contributed by atoms with E-state index in [0.29, 0.717) is 17.6 Å². The highest BCUT2D eigenvalue weighted by atomic mass is 16.5. The molecule has 0 radical (unpaired) electrons. The maximum atomic E-state index is 9.31. The van der Waals surface area contributed by atoms with Crippen molar-refractivity contribution in [3.63, 3.8) is 0 Å². The van der Waals surface area contributed by atoms with Crippen molar-refractivity contribution < 1.29 is 9.63 Å². The first kappa shape index (κ1) is 8.46. The Labute approximate surface area is 85.6 Å². The number of nitrogens with zero attached hydrogens (tertiary/aromatic N) is 4. The second-order valence-corrected chi connectivity index (χ2v) is 3.73. The molecular formula is C9H10N4O2. The van der Waals surface area contributed by atoms with Gasteiger partial charge in [-0.05, 0) is 19.8 Å². The first-order chi connectivity index (χ1) is 7.25. The average molecular weight is 206 g/mol. The molecule has 2 aromatic rings. The first-order valence-electron chi connectivity index (χ1n) is 4.82. The van der Waals surface area contributed by atoms with Gasteiger partial charge in [-0.1, -0.05) is 5.16 Å². The minimum atomic E-state index is -0.0128. The van der Waals surface area contributed by atoms with Crippen molar-refractivity contribution in [3.05, 3.63) is 17.8 Å². The van der Waals surface area contributed by atoms with Gasteiger partial charge in [-0.3, -0.25) is 4.57 Å². The fourth-order valence-corrected chi connectivity index (χ4v) is 1.42. The van der Waals surface area contributed by atoms with Crippen molar-refractivity contribution in [3.8, 4) is 11.9 Å². The van der Waals surface area contributed by atoms with Gasteiger partial charge in [0.05, 0.1) is 5.69 Å². The van der Waals surface area contributed by atoms with E-state index in [4.69, 9.17) is 4.52 Å². The van der Waals surface area contributed by atoms with E-state index in [9.17, 15) is 5.11 Å². The zero-order chi connectivity index (χ0) is 10.4. The van der Waals surface area contributed by atoms with Gasteiger partial charge in [0.15, 0.2) is 5.82 Å². The molecule has 2 heterocycles. The molecule has 0 saturated heterocycles. The highest BCUT2D eigenvalue weighted by Gasteiger charge is 2.29. The molecule has 0 atom stereocenters. The number of rotatable bonds is 2. The van der Waals surface area contributed by atoms with E-state index in [1.807, 2.05) is 0 Å². The average Bonchev–Trinajstić information content (AvgIpc) is 2.89. The summed E-state index contributed by atoms with van der Waals surface area (Å²) in [5.41, 5.74) is 0.598. The van der Waals surface area contributed by atoms with E-state index in [0.717, 1.165) is 18.7 Å². The summed E-state index contributed by atoms with van der Waals surface area (Å²) in [6.45, 7) is 1.74. The largest absolute Gasteiger partial charge is 0.492 e. The van der Waals surface area contributed by atoms with Crippen LogP contribution in [0.15, 0.2) is 10.9 Å². The van der Waals surface area contributed by atoms with Crippen LogP contribution in [0.3, 0.4) is 0 Å². The van der Waals surface area contributed by atoms with Crippen LogP contribution >= 0.6 is 0 Å². The molecule has 0 aromatic carbocycles. The van der Waals surface area contributed by atoms with Crippen LogP contribution in [0.2, 0.25) is 0 Å². The van der Waals surface area contributed by atoms with Crippen LogP contribution in [0.4, 0.5) is 0 Å². The molecule has 6 nitrogen and oxygen atoms in total. The lowest BCUT2D eigenvalue weighted by molar-refractivity contribution is 0.394. The quantitative estimate of drug-likeness (QED) is 0.797. The zero-order valence-corrected chi connectivity index (χ0v) is 8.21. The van der Waals surface area contributed by atoms with Crippen molar-refractivity contribution in [2.24, 2.45) is 0 Å². The van der Waals surface area contributed by atoms with Gasteiger partial charge >= 0.3 is 6.01 Å². The Morgan fingerprint density at radius 1 is 1.53 bits per heavy atom. The third-order valence-corrected chi connectivity index (χ3v) is 2.56. The molecule has 3 rings (SSSR count). The molecule has 0 spiro atoms. The smallest absolute Gasteiger partial charge is 0.333 e. The fraction of sp³-hybridized carbons (Fsp3) is 0.444. The van der Waals surface area contributed by atoms with E-state index >= 15 is 0 Å². The van der Waals surface area contributed by atoms with Gasteiger partial charge in [0.2, 0.25) is 5.88 Å². The molecular weight excluding hydrogens is 196 g/mol. The third-order valence-electron chi connectivity index (χ3n) is 2.56. The molecule has 6 heteroatoms. The van der Waals surface area contributed by atoms with Crippen LogP contribution in [-0.2, 0) is 0 Å². The van der Waals surface area contributed by atoms with Gasteiger partial charge in [-0.15, -0.1) is 0 Å². The van der Waals surface area contributed by atoms with Crippen LogP contribution in [0.5, 0.6) is 5.88 Å². The lowest BCUT2D eigenvalue weighted by Crippen LogP contribution is -1.95. The lowest BCUT2D eigenvalue weighted by atomic mass is 10.4. The zero-order valence-electron chi connectivity index (χ0n) is 8.21. The molecule has 1 aliphatic carbocycles. The molecule has 0 amide bonds. The van der Waals surface area contributed by atoms with Crippen LogP contribution in [0, 0.1) is 6.92 Å². The fourth-order valence-electron chi connectivity index (χ4n) is 1.42. The second-order valence-electron chi connectivity index (χ2n) is 3.73. The number of aromatic hydroxyl groups is 1. The lowest BCUT2D eigenvalue weighted by Gasteiger charge is -1.95. The minimum Gasteiger partial charge on any atom is -0.492 e. The Balaban J connectivity index is 2.00. The molecule has 0 bridgehead atoms. The molecule has 1 N–H and O–H groups in total. The Kier molecular flexibility index (Phi) is 1.59. The summed E-state index contributed by atoms with van der Waals surface area (Å²) >= 11 is 0. The predicted molar refractivity (Wildman–Crippen MR) is 49.8 cm³/mol. The molecule has 78 valence electrons. The summed E-state index contributed by atoms with van der Waals surface area (Å²) in [5.74, 6) is 1.19.